The molecule has 1 N–H and O–H groups in total. The molecule has 0 heterocycles. The number of sulfonamides is 1. The minimum atomic E-state index is -3.16. The number of fused-ring (bicyclic) bond motifs is 1. The molecule has 3 nitrogen and oxygen atoms in total. The highest BCUT2D eigenvalue weighted by Gasteiger charge is 2.12. The van der Waals surface area contributed by atoms with Gasteiger partial charge in [0, 0.05) is 5.69 Å². The fraction of sp³-hybridized carbons (Fsp3) is 0.538. The molecule has 0 saturated heterocycles. The third-order valence-corrected chi connectivity index (χ3v) is 4.59. The molecule has 0 radical (unpaired) electrons. The first-order valence-electron chi connectivity index (χ1n) is 6.23. The largest absolute Gasteiger partial charge is 0.284 e. The zero-order valence-electron chi connectivity index (χ0n) is 10.2. The van der Waals surface area contributed by atoms with Gasteiger partial charge in [-0.3, -0.25) is 4.72 Å². The Balaban J connectivity index is 2.17. The number of hydrogen-bond donors (Lipinski definition) is 1. The second kappa shape index (κ2) is 5.08. The molecule has 17 heavy (non-hydrogen) atoms. The molecule has 0 bridgehead atoms. The van der Waals surface area contributed by atoms with E-state index in [1.807, 2.05) is 19.1 Å². The molecule has 0 aliphatic heterocycles. The van der Waals surface area contributed by atoms with Crippen molar-refractivity contribution in [2.75, 3.05) is 10.5 Å². The summed E-state index contributed by atoms with van der Waals surface area (Å²) in [5.41, 5.74) is 3.38. The van der Waals surface area contributed by atoms with Crippen molar-refractivity contribution in [2.45, 2.75) is 39.0 Å². The molecule has 1 aromatic rings. The average molecular weight is 253 g/mol. The summed E-state index contributed by atoms with van der Waals surface area (Å²) in [5, 5.41) is 0. The maximum atomic E-state index is 11.7. The molecule has 0 atom stereocenters. The van der Waals surface area contributed by atoms with Gasteiger partial charge in [-0.05, 0) is 55.4 Å². The maximum Gasteiger partial charge on any atom is 0.232 e. The van der Waals surface area contributed by atoms with Crippen LogP contribution in [-0.2, 0) is 22.9 Å². The van der Waals surface area contributed by atoms with Crippen molar-refractivity contribution in [1.29, 1.82) is 0 Å². The summed E-state index contributed by atoms with van der Waals surface area (Å²) >= 11 is 0. The Labute approximate surface area is 103 Å². The van der Waals surface area contributed by atoms with Crippen LogP contribution in [0.2, 0.25) is 0 Å². The lowest BCUT2D eigenvalue weighted by atomic mass is 9.91. The number of nitrogens with one attached hydrogen (secondary N) is 1. The van der Waals surface area contributed by atoms with E-state index in [4.69, 9.17) is 0 Å². The van der Waals surface area contributed by atoms with Gasteiger partial charge >= 0.3 is 0 Å². The predicted octanol–water partition coefficient (Wildman–Crippen LogP) is 2.72. The Morgan fingerprint density at radius 2 is 1.88 bits per heavy atom. The quantitative estimate of drug-likeness (QED) is 0.896. The van der Waals surface area contributed by atoms with E-state index in [1.165, 1.54) is 24.0 Å². The van der Waals surface area contributed by atoms with Gasteiger partial charge < -0.3 is 0 Å². The summed E-state index contributed by atoms with van der Waals surface area (Å²) in [5.74, 6) is 0.185. The number of rotatable bonds is 4. The number of aryl methyl sites for hydroxylation is 2. The van der Waals surface area contributed by atoms with Gasteiger partial charge in [0.1, 0.15) is 0 Å². The van der Waals surface area contributed by atoms with Gasteiger partial charge in [0.2, 0.25) is 10.0 Å². The van der Waals surface area contributed by atoms with Crippen LogP contribution in [0.4, 0.5) is 5.69 Å². The zero-order valence-corrected chi connectivity index (χ0v) is 11.0. The molecule has 0 aromatic heterocycles. The topological polar surface area (TPSA) is 46.2 Å². The summed E-state index contributed by atoms with van der Waals surface area (Å²) in [7, 11) is -3.16. The SMILES string of the molecule is CCCS(=O)(=O)Nc1ccc2c(c1)CCCC2. The van der Waals surface area contributed by atoms with E-state index in [9.17, 15) is 8.42 Å². The smallest absolute Gasteiger partial charge is 0.232 e. The van der Waals surface area contributed by atoms with Crippen molar-refractivity contribution in [3.8, 4) is 0 Å². The monoisotopic (exact) mass is 253 g/mol. The molecule has 0 unspecified atom stereocenters. The fourth-order valence-corrected chi connectivity index (χ4v) is 3.42. The third kappa shape index (κ3) is 3.22. The van der Waals surface area contributed by atoms with Gasteiger partial charge in [-0.15, -0.1) is 0 Å². The van der Waals surface area contributed by atoms with Crippen LogP contribution in [0.15, 0.2) is 18.2 Å². The zero-order chi connectivity index (χ0) is 12.3. The summed E-state index contributed by atoms with van der Waals surface area (Å²) in [6.45, 7) is 1.87. The van der Waals surface area contributed by atoms with Crippen LogP contribution in [0, 0.1) is 0 Å². The lowest BCUT2D eigenvalue weighted by Gasteiger charge is -2.17. The molecule has 94 valence electrons. The van der Waals surface area contributed by atoms with Crippen molar-refractivity contribution in [1.82, 2.24) is 0 Å². The first-order valence-corrected chi connectivity index (χ1v) is 7.88. The lowest BCUT2D eigenvalue weighted by Crippen LogP contribution is -2.16. The van der Waals surface area contributed by atoms with Crippen molar-refractivity contribution < 1.29 is 8.42 Å². The summed E-state index contributed by atoms with van der Waals surface area (Å²) in [6.07, 6.45) is 5.28. The van der Waals surface area contributed by atoms with E-state index in [-0.39, 0.29) is 5.75 Å². The lowest BCUT2D eigenvalue weighted by molar-refractivity contribution is 0.600. The Morgan fingerprint density at radius 1 is 1.18 bits per heavy atom. The Hall–Kier alpha value is -1.03. The molecular formula is C13H19NO2S. The highest BCUT2D eigenvalue weighted by atomic mass is 32.2. The number of hydrogen-bond acceptors (Lipinski definition) is 2. The molecule has 1 aliphatic rings. The van der Waals surface area contributed by atoms with Crippen molar-refractivity contribution in [3.63, 3.8) is 0 Å². The van der Waals surface area contributed by atoms with E-state index in [0.717, 1.165) is 12.8 Å². The second-order valence-electron chi connectivity index (χ2n) is 4.61. The molecular weight excluding hydrogens is 234 g/mol. The van der Waals surface area contributed by atoms with Gasteiger partial charge in [0.05, 0.1) is 5.75 Å². The minimum Gasteiger partial charge on any atom is -0.284 e. The average Bonchev–Trinajstić information content (AvgIpc) is 2.28. The van der Waals surface area contributed by atoms with Crippen LogP contribution >= 0.6 is 0 Å². The number of anilines is 1. The van der Waals surface area contributed by atoms with Crippen molar-refractivity contribution >= 4 is 15.7 Å². The minimum absolute atomic E-state index is 0.185. The Morgan fingerprint density at radius 3 is 2.59 bits per heavy atom. The van der Waals surface area contributed by atoms with Crippen molar-refractivity contribution in [3.05, 3.63) is 29.3 Å². The molecule has 0 spiro atoms. The summed E-state index contributed by atoms with van der Waals surface area (Å²) in [6, 6.07) is 5.91. The Bertz CT molecular complexity index is 494. The summed E-state index contributed by atoms with van der Waals surface area (Å²) in [4.78, 5) is 0. The molecule has 0 saturated carbocycles. The third-order valence-electron chi connectivity index (χ3n) is 3.09. The molecule has 1 aliphatic carbocycles. The van der Waals surface area contributed by atoms with Crippen LogP contribution in [0.3, 0.4) is 0 Å². The maximum absolute atomic E-state index is 11.7. The molecule has 2 rings (SSSR count). The van der Waals surface area contributed by atoms with E-state index < -0.39 is 10.0 Å². The second-order valence-corrected chi connectivity index (χ2v) is 6.45. The van der Waals surface area contributed by atoms with Crippen LogP contribution < -0.4 is 4.72 Å². The highest BCUT2D eigenvalue weighted by molar-refractivity contribution is 7.92. The van der Waals surface area contributed by atoms with Crippen molar-refractivity contribution in [2.24, 2.45) is 0 Å². The molecule has 1 aromatic carbocycles. The summed E-state index contributed by atoms with van der Waals surface area (Å²) < 4.78 is 26.0. The van der Waals surface area contributed by atoms with Crippen LogP contribution in [0.1, 0.15) is 37.3 Å². The van der Waals surface area contributed by atoms with Gasteiger partial charge in [-0.1, -0.05) is 13.0 Å². The van der Waals surface area contributed by atoms with Crippen LogP contribution in [-0.4, -0.2) is 14.2 Å². The van der Waals surface area contributed by atoms with Gasteiger partial charge in [-0.2, -0.15) is 0 Å². The van der Waals surface area contributed by atoms with Crippen LogP contribution in [0.25, 0.3) is 0 Å². The first kappa shape index (κ1) is 12.4. The molecule has 4 heteroatoms. The molecule has 0 amide bonds. The van der Waals surface area contributed by atoms with Gasteiger partial charge in [-0.25, -0.2) is 8.42 Å². The van der Waals surface area contributed by atoms with E-state index in [0.29, 0.717) is 12.1 Å². The van der Waals surface area contributed by atoms with E-state index in [2.05, 4.69) is 10.8 Å². The van der Waals surface area contributed by atoms with Gasteiger partial charge in [0.25, 0.3) is 0 Å². The highest BCUT2D eigenvalue weighted by Crippen LogP contribution is 2.24. The van der Waals surface area contributed by atoms with E-state index in [1.54, 1.807) is 0 Å². The van der Waals surface area contributed by atoms with Crippen LogP contribution in [0.5, 0.6) is 0 Å². The normalized spacial score (nSPS) is 15.4. The predicted molar refractivity (Wildman–Crippen MR) is 70.8 cm³/mol. The standard InChI is InChI=1S/C13H19NO2S/c1-2-9-17(15,16)14-13-8-7-11-5-3-4-6-12(11)10-13/h7-8,10,14H,2-6,9H2,1H3. The van der Waals surface area contributed by atoms with Gasteiger partial charge in [0.15, 0.2) is 0 Å². The van der Waals surface area contributed by atoms with E-state index >= 15 is 0 Å². The molecule has 0 fully saturated rings. The fourth-order valence-electron chi connectivity index (χ4n) is 2.30. The number of benzene rings is 1. The Kier molecular flexibility index (Phi) is 3.72. The first-order chi connectivity index (χ1) is 8.11.